The number of amides is 1. The van der Waals surface area contributed by atoms with Crippen molar-refractivity contribution in [3.05, 3.63) is 18.0 Å². The van der Waals surface area contributed by atoms with Crippen LogP contribution < -0.4 is 5.32 Å². The number of rotatable bonds is 3. The fourth-order valence-electron chi connectivity index (χ4n) is 0.910. The third-order valence-electron chi connectivity index (χ3n) is 1.53. The molecule has 12 heavy (non-hydrogen) atoms. The maximum absolute atomic E-state index is 11.2. The van der Waals surface area contributed by atoms with Crippen LogP contribution in [-0.2, 0) is 6.54 Å². The first kappa shape index (κ1) is 8.77. The van der Waals surface area contributed by atoms with E-state index in [1.54, 1.807) is 16.9 Å². The number of hydrogen-bond donors (Lipinski definition) is 1. The van der Waals surface area contributed by atoms with Crippen molar-refractivity contribution < 1.29 is 4.79 Å². The molecule has 0 saturated carbocycles. The topological polar surface area (TPSA) is 46.9 Å². The normalized spacial score (nSPS) is 9.83. The number of aromatic nitrogens is 2. The van der Waals surface area contributed by atoms with E-state index in [0.29, 0.717) is 12.2 Å². The minimum atomic E-state index is -0.107. The first-order valence-corrected chi connectivity index (χ1v) is 4.09. The van der Waals surface area contributed by atoms with Crippen LogP contribution in [0.25, 0.3) is 0 Å². The van der Waals surface area contributed by atoms with Gasteiger partial charge in [0.05, 0.1) is 0 Å². The lowest BCUT2D eigenvalue weighted by Gasteiger charge is -1.96. The zero-order valence-electron chi connectivity index (χ0n) is 7.37. The van der Waals surface area contributed by atoms with Crippen molar-refractivity contribution >= 4 is 5.91 Å². The highest BCUT2D eigenvalue weighted by molar-refractivity contribution is 5.92. The Bertz CT molecular complexity index is 267. The molecule has 0 aliphatic rings. The molecular weight excluding hydrogens is 154 g/mol. The molecule has 0 saturated heterocycles. The Labute approximate surface area is 71.6 Å². The number of carbonyl (C=O) groups is 1. The Morgan fingerprint density at radius 2 is 2.42 bits per heavy atom. The molecule has 1 heterocycles. The molecule has 0 spiro atoms. The van der Waals surface area contributed by atoms with Crippen molar-refractivity contribution in [2.24, 2.45) is 0 Å². The zero-order chi connectivity index (χ0) is 8.97. The summed E-state index contributed by atoms with van der Waals surface area (Å²) in [5.41, 5.74) is 0.485. The van der Waals surface area contributed by atoms with Gasteiger partial charge in [-0.25, -0.2) is 0 Å². The quantitative estimate of drug-likeness (QED) is 0.718. The van der Waals surface area contributed by atoms with Crippen LogP contribution >= 0.6 is 0 Å². The summed E-state index contributed by atoms with van der Waals surface area (Å²) in [4.78, 5) is 11.2. The first-order valence-electron chi connectivity index (χ1n) is 4.09. The molecule has 0 aromatic carbocycles. The van der Waals surface area contributed by atoms with Crippen LogP contribution in [0.3, 0.4) is 0 Å². The molecule has 1 amide bonds. The highest BCUT2D eigenvalue weighted by atomic mass is 16.1. The number of aryl methyl sites for hydroxylation is 1. The smallest absolute Gasteiger partial charge is 0.271 e. The fourth-order valence-corrected chi connectivity index (χ4v) is 0.910. The summed E-state index contributed by atoms with van der Waals surface area (Å²) in [6.45, 7) is 5.29. The van der Waals surface area contributed by atoms with E-state index >= 15 is 0 Å². The molecule has 0 atom stereocenters. The monoisotopic (exact) mass is 167 g/mol. The molecule has 0 radical (unpaired) electrons. The average Bonchev–Trinajstić information content (AvgIpc) is 2.52. The van der Waals surface area contributed by atoms with Crippen LogP contribution in [0, 0.1) is 0 Å². The van der Waals surface area contributed by atoms with E-state index in [2.05, 4.69) is 10.4 Å². The molecule has 0 aliphatic heterocycles. The molecule has 4 heteroatoms. The maximum Gasteiger partial charge on any atom is 0.271 e. The van der Waals surface area contributed by atoms with Crippen LogP contribution in [0.1, 0.15) is 24.3 Å². The molecule has 1 aromatic rings. The van der Waals surface area contributed by atoms with E-state index in [9.17, 15) is 4.79 Å². The van der Waals surface area contributed by atoms with Crippen LogP contribution in [0.15, 0.2) is 12.3 Å². The summed E-state index contributed by atoms with van der Waals surface area (Å²) in [7, 11) is 0. The second-order valence-corrected chi connectivity index (χ2v) is 2.42. The lowest BCUT2D eigenvalue weighted by molar-refractivity contribution is 0.0950. The SMILES string of the molecule is CCNC(=O)c1ccn(CC)n1. The van der Waals surface area contributed by atoms with E-state index in [-0.39, 0.29) is 5.91 Å². The Hall–Kier alpha value is -1.32. The fraction of sp³-hybridized carbons (Fsp3) is 0.500. The summed E-state index contributed by atoms with van der Waals surface area (Å²) in [6, 6.07) is 1.72. The second-order valence-electron chi connectivity index (χ2n) is 2.42. The van der Waals surface area contributed by atoms with Crippen molar-refractivity contribution in [2.75, 3.05) is 6.54 Å². The average molecular weight is 167 g/mol. The molecule has 0 unspecified atom stereocenters. The van der Waals surface area contributed by atoms with Gasteiger partial charge in [-0.3, -0.25) is 9.48 Å². The van der Waals surface area contributed by atoms with Crippen molar-refractivity contribution in [3.8, 4) is 0 Å². The minimum absolute atomic E-state index is 0.107. The van der Waals surface area contributed by atoms with E-state index < -0.39 is 0 Å². The third kappa shape index (κ3) is 1.84. The van der Waals surface area contributed by atoms with Gasteiger partial charge in [-0.1, -0.05) is 0 Å². The number of nitrogens with zero attached hydrogens (tertiary/aromatic N) is 2. The van der Waals surface area contributed by atoms with Gasteiger partial charge < -0.3 is 5.32 Å². The van der Waals surface area contributed by atoms with Crippen LogP contribution in [0.2, 0.25) is 0 Å². The lowest BCUT2D eigenvalue weighted by atomic mass is 10.4. The molecule has 1 N–H and O–H groups in total. The highest BCUT2D eigenvalue weighted by Gasteiger charge is 2.06. The largest absolute Gasteiger partial charge is 0.351 e. The number of carbonyl (C=O) groups excluding carboxylic acids is 1. The van der Waals surface area contributed by atoms with Crippen molar-refractivity contribution in [1.82, 2.24) is 15.1 Å². The van der Waals surface area contributed by atoms with Crippen LogP contribution in [0.5, 0.6) is 0 Å². The second kappa shape index (κ2) is 3.90. The van der Waals surface area contributed by atoms with E-state index in [1.165, 1.54) is 0 Å². The molecule has 0 fully saturated rings. The molecule has 0 bridgehead atoms. The number of hydrogen-bond acceptors (Lipinski definition) is 2. The van der Waals surface area contributed by atoms with Gasteiger partial charge >= 0.3 is 0 Å². The van der Waals surface area contributed by atoms with Gasteiger partial charge in [-0.15, -0.1) is 0 Å². The van der Waals surface area contributed by atoms with Crippen molar-refractivity contribution in [1.29, 1.82) is 0 Å². The van der Waals surface area contributed by atoms with Crippen molar-refractivity contribution in [2.45, 2.75) is 20.4 Å². The summed E-state index contributed by atoms with van der Waals surface area (Å²) in [6.07, 6.45) is 1.80. The molecule has 4 nitrogen and oxygen atoms in total. The third-order valence-corrected chi connectivity index (χ3v) is 1.53. The molecular formula is C8H13N3O. The molecule has 0 aliphatic carbocycles. The Morgan fingerprint density at radius 3 is 2.92 bits per heavy atom. The van der Waals surface area contributed by atoms with Crippen LogP contribution in [0.4, 0.5) is 0 Å². The Balaban J connectivity index is 2.68. The van der Waals surface area contributed by atoms with Gasteiger partial charge in [-0.2, -0.15) is 5.10 Å². The molecule has 66 valence electrons. The van der Waals surface area contributed by atoms with E-state index in [4.69, 9.17) is 0 Å². The van der Waals surface area contributed by atoms with Gasteiger partial charge in [0.2, 0.25) is 0 Å². The van der Waals surface area contributed by atoms with Gasteiger partial charge in [0.1, 0.15) is 5.69 Å². The maximum atomic E-state index is 11.2. The van der Waals surface area contributed by atoms with Crippen molar-refractivity contribution in [3.63, 3.8) is 0 Å². The Kier molecular flexibility index (Phi) is 2.85. The minimum Gasteiger partial charge on any atom is -0.351 e. The van der Waals surface area contributed by atoms with E-state index in [1.807, 2.05) is 13.8 Å². The van der Waals surface area contributed by atoms with E-state index in [0.717, 1.165) is 6.54 Å². The summed E-state index contributed by atoms with van der Waals surface area (Å²) in [5.74, 6) is -0.107. The first-order chi connectivity index (χ1) is 5.77. The predicted molar refractivity (Wildman–Crippen MR) is 45.9 cm³/mol. The van der Waals surface area contributed by atoms with Crippen LogP contribution in [-0.4, -0.2) is 22.2 Å². The van der Waals surface area contributed by atoms with Gasteiger partial charge in [0.25, 0.3) is 5.91 Å². The summed E-state index contributed by atoms with van der Waals surface area (Å²) in [5, 5.41) is 6.74. The zero-order valence-corrected chi connectivity index (χ0v) is 7.37. The highest BCUT2D eigenvalue weighted by Crippen LogP contribution is 1.94. The van der Waals surface area contributed by atoms with Gasteiger partial charge in [-0.05, 0) is 19.9 Å². The lowest BCUT2D eigenvalue weighted by Crippen LogP contribution is -2.23. The number of nitrogens with one attached hydrogen (secondary N) is 1. The van der Waals surface area contributed by atoms with Gasteiger partial charge in [0.15, 0.2) is 0 Å². The summed E-state index contributed by atoms with van der Waals surface area (Å²) < 4.78 is 1.73. The molecule has 1 aromatic heterocycles. The standard InChI is InChI=1S/C8H13N3O/c1-3-9-8(12)7-5-6-11(4-2)10-7/h5-6H,3-4H2,1-2H3,(H,9,12). The van der Waals surface area contributed by atoms with Gasteiger partial charge in [0, 0.05) is 19.3 Å². The predicted octanol–water partition coefficient (Wildman–Crippen LogP) is 0.653. The molecule has 1 rings (SSSR count). The summed E-state index contributed by atoms with van der Waals surface area (Å²) >= 11 is 0. The Morgan fingerprint density at radius 1 is 1.67 bits per heavy atom.